The Labute approximate surface area is 254 Å². The highest BCUT2D eigenvalue weighted by Crippen LogP contribution is 1.97. The Hall–Kier alpha value is -0.240. The molecule has 0 saturated heterocycles. The minimum absolute atomic E-state index is 0.375. The molecule has 0 N–H and O–H groups in total. The number of unbranched alkanes of at least 4 members (excludes halogenated alkanes) is 2. The van der Waals surface area contributed by atoms with Crippen LogP contribution in [0.2, 0.25) is 0 Å². The van der Waals surface area contributed by atoms with Crippen LogP contribution in [-0.2, 0) is 28.4 Å². The standard InChI is InChI=1S/2C8H18O.2C6H14O.C4H10O.C2H6O/c1-7(2)5-9-6-8(3)4;1-3-5-7-9-8-6-4-2;1-5(2)7-6(3)4;1-3-5-7-6-4-2;1-3-5-4-2;1-3-2/h7-8H,5-6H2,1-4H3;3-8H2,1-2H3;5-6H,1-4H3;3-6H2,1-2H3;3-4H2,1-2H3;1-2H3. The van der Waals surface area contributed by atoms with Crippen molar-refractivity contribution in [2.75, 3.05) is 67.1 Å². The highest BCUT2D eigenvalue weighted by Gasteiger charge is 1.95. The number of rotatable bonds is 18. The lowest BCUT2D eigenvalue weighted by atomic mass is 10.2. The van der Waals surface area contributed by atoms with Crippen LogP contribution in [0.5, 0.6) is 0 Å². The Morgan fingerprint density at radius 2 is 0.750 bits per heavy atom. The summed E-state index contributed by atoms with van der Waals surface area (Å²) in [6.45, 7) is 36.7. The fraction of sp³-hybridized carbons (Fsp3) is 1.00. The fourth-order valence-corrected chi connectivity index (χ4v) is 2.27. The molecule has 0 spiro atoms. The first-order chi connectivity index (χ1) is 18.9. The number of ether oxygens (including phenoxy) is 6. The Kier molecular flexibility index (Phi) is 71.8. The summed E-state index contributed by atoms with van der Waals surface area (Å²) >= 11 is 0. The molecule has 6 heteroatoms. The van der Waals surface area contributed by atoms with E-state index >= 15 is 0 Å². The monoisotopic (exact) mass is 585 g/mol. The van der Waals surface area contributed by atoms with E-state index in [9.17, 15) is 0 Å². The second kappa shape index (κ2) is 54.8. The van der Waals surface area contributed by atoms with Gasteiger partial charge in [-0.25, -0.2) is 0 Å². The van der Waals surface area contributed by atoms with E-state index in [2.05, 4.69) is 60.1 Å². The molecule has 0 saturated carbocycles. The van der Waals surface area contributed by atoms with Crippen molar-refractivity contribution in [3.8, 4) is 0 Å². The molecule has 0 unspecified atom stereocenters. The van der Waals surface area contributed by atoms with Gasteiger partial charge in [-0.2, -0.15) is 0 Å². The average Bonchev–Trinajstić information content (AvgIpc) is 2.86. The van der Waals surface area contributed by atoms with E-state index in [1.165, 1.54) is 25.7 Å². The molecule has 0 atom stereocenters. The first-order valence-corrected chi connectivity index (χ1v) is 16.3. The average molecular weight is 585 g/mol. The summed E-state index contributed by atoms with van der Waals surface area (Å²) < 4.78 is 30.1. The quantitative estimate of drug-likeness (QED) is 0.149. The molecule has 0 bridgehead atoms. The Balaban J connectivity index is -0.0000000891. The highest BCUT2D eigenvalue weighted by atomic mass is 16.5. The second-order valence-corrected chi connectivity index (χ2v) is 10.7. The lowest BCUT2D eigenvalue weighted by Crippen LogP contribution is -2.09. The molecule has 0 aromatic heterocycles. The van der Waals surface area contributed by atoms with Gasteiger partial charge in [0.1, 0.15) is 0 Å². The van der Waals surface area contributed by atoms with Gasteiger partial charge in [0.05, 0.1) is 12.2 Å². The first-order valence-electron chi connectivity index (χ1n) is 16.3. The van der Waals surface area contributed by atoms with Gasteiger partial charge in [0.15, 0.2) is 0 Å². The van der Waals surface area contributed by atoms with E-state index in [4.69, 9.17) is 23.7 Å². The zero-order chi connectivity index (χ0) is 32.5. The summed E-state index contributed by atoms with van der Waals surface area (Å²) in [6.07, 6.45) is 7.94. The van der Waals surface area contributed by atoms with Gasteiger partial charge in [0.25, 0.3) is 0 Å². The van der Waals surface area contributed by atoms with Gasteiger partial charge < -0.3 is 28.4 Å². The second-order valence-electron chi connectivity index (χ2n) is 10.7. The third kappa shape index (κ3) is 108. The van der Waals surface area contributed by atoms with E-state index in [1.807, 2.05) is 41.5 Å². The highest BCUT2D eigenvalue weighted by molar-refractivity contribution is 4.43. The third-order valence-corrected chi connectivity index (χ3v) is 3.84. The maximum atomic E-state index is 5.36. The van der Waals surface area contributed by atoms with Crippen molar-refractivity contribution in [2.45, 2.75) is 148 Å². The van der Waals surface area contributed by atoms with Gasteiger partial charge >= 0.3 is 0 Å². The lowest BCUT2D eigenvalue weighted by Gasteiger charge is -2.09. The maximum absolute atomic E-state index is 5.36. The number of methoxy groups -OCH3 is 1. The number of hydrogen-bond acceptors (Lipinski definition) is 6. The van der Waals surface area contributed by atoms with E-state index in [0.29, 0.717) is 24.0 Å². The largest absolute Gasteiger partial charge is 0.388 e. The molecule has 0 rings (SSSR count). The van der Waals surface area contributed by atoms with Crippen LogP contribution in [0.25, 0.3) is 0 Å². The maximum Gasteiger partial charge on any atom is 0.0522 e. The summed E-state index contributed by atoms with van der Waals surface area (Å²) in [5.74, 6) is 1.34. The van der Waals surface area contributed by atoms with Crippen molar-refractivity contribution in [1.82, 2.24) is 0 Å². The molecular weight excluding hydrogens is 504 g/mol. The summed E-state index contributed by atoms with van der Waals surface area (Å²) in [5.41, 5.74) is 0. The Bertz CT molecular complexity index is 310. The topological polar surface area (TPSA) is 55.4 Å². The van der Waals surface area contributed by atoms with Crippen LogP contribution in [0.1, 0.15) is 135 Å². The van der Waals surface area contributed by atoms with Crippen LogP contribution in [-0.4, -0.2) is 79.3 Å². The van der Waals surface area contributed by atoms with E-state index in [0.717, 1.165) is 65.7 Å². The van der Waals surface area contributed by atoms with Crippen LogP contribution in [0, 0.1) is 11.8 Å². The van der Waals surface area contributed by atoms with Crippen molar-refractivity contribution < 1.29 is 28.4 Å². The van der Waals surface area contributed by atoms with Gasteiger partial charge in [-0.05, 0) is 79.1 Å². The molecule has 0 fully saturated rings. The minimum Gasteiger partial charge on any atom is -0.388 e. The first kappa shape index (κ1) is 52.4. The van der Waals surface area contributed by atoms with Crippen molar-refractivity contribution in [3.63, 3.8) is 0 Å². The molecule has 6 nitrogen and oxygen atoms in total. The third-order valence-electron chi connectivity index (χ3n) is 3.84. The Morgan fingerprint density at radius 3 is 0.925 bits per heavy atom. The molecule has 0 aliphatic rings. The van der Waals surface area contributed by atoms with Crippen LogP contribution in [0.3, 0.4) is 0 Å². The van der Waals surface area contributed by atoms with Gasteiger partial charge in [-0.15, -0.1) is 0 Å². The zero-order valence-electron chi connectivity index (χ0n) is 30.7. The molecule has 0 heterocycles. The summed E-state index contributed by atoms with van der Waals surface area (Å²) in [5, 5.41) is 0. The fourth-order valence-electron chi connectivity index (χ4n) is 2.27. The van der Waals surface area contributed by atoms with Crippen molar-refractivity contribution >= 4 is 0 Å². The predicted molar refractivity (Wildman–Crippen MR) is 179 cm³/mol. The summed E-state index contributed by atoms with van der Waals surface area (Å²) in [7, 11) is 3.25. The summed E-state index contributed by atoms with van der Waals surface area (Å²) in [4.78, 5) is 0. The molecule has 40 heavy (non-hydrogen) atoms. The van der Waals surface area contributed by atoms with E-state index in [-0.39, 0.29) is 0 Å². The molecule has 0 aliphatic heterocycles. The molecule has 0 aromatic rings. The predicted octanol–water partition coefficient (Wildman–Crippen LogP) is 9.87. The lowest BCUT2D eigenvalue weighted by molar-refractivity contribution is 0.0300. The van der Waals surface area contributed by atoms with Crippen molar-refractivity contribution in [3.05, 3.63) is 0 Å². The molecule has 0 amide bonds. The molecular formula is C34H80O6. The SMILES string of the molecule is CC(C)COCC(C)C.CC(C)OC(C)C.CCCCOCCCC.CCCOCCC.CCOCC.COC. The normalized spacial score (nSPS) is 9.90. The van der Waals surface area contributed by atoms with Crippen molar-refractivity contribution in [2.24, 2.45) is 11.8 Å². The van der Waals surface area contributed by atoms with E-state index in [1.54, 1.807) is 14.2 Å². The van der Waals surface area contributed by atoms with Crippen LogP contribution in [0.4, 0.5) is 0 Å². The van der Waals surface area contributed by atoms with Crippen LogP contribution in [0.15, 0.2) is 0 Å². The smallest absolute Gasteiger partial charge is 0.0522 e. The molecule has 0 radical (unpaired) electrons. The minimum atomic E-state index is 0.375. The summed E-state index contributed by atoms with van der Waals surface area (Å²) in [6, 6.07) is 0. The number of hydrogen-bond donors (Lipinski definition) is 0. The molecule has 252 valence electrons. The van der Waals surface area contributed by atoms with Crippen LogP contribution >= 0.6 is 0 Å². The van der Waals surface area contributed by atoms with Crippen molar-refractivity contribution in [1.29, 1.82) is 0 Å². The Morgan fingerprint density at radius 1 is 0.425 bits per heavy atom. The zero-order valence-corrected chi connectivity index (χ0v) is 30.7. The van der Waals surface area contributed by atoms with Gasteiger partial charge in [-0.3, -0.25) is 0 Å². The van der Waals surface area contributed by atoms with Gasteiger partial charge in [-0.1, -0.05) is 68.2 Å². The van der Waals surface area contributed by atoms with Gasteiger partial charge in [0.2, 0.25) is 0 Å². The molecule has 0 aromatic carbocycles. The molecule has 0 aliphatic carbocycles. The van der Waals surface area contributed by atoms with Crippen LogP contribution < -0.4 is 0 Å². The van der Waals surface area contributed by atoms with Gasteiger partial charge in [0, 0.05) is 67.1 Å². The van der Waals surface area contributed by atoms with E-state index < -0.39 is 0 Å².